The second kappa shape index (κ2) is 6.07. The smallest absolute Gasteiger partial charge is 0.329 e. The third-order valence-electron chi connectivity index (χ3n) is 0.613. The minimum Gasteiger partial charge on any atom is -0.329 e. The van der Waals surface area contributed by atoms with Crippen LogP contribution in [0.3, 0.4) is 0 Å². The van der Waals surface area contributed by atoms with Gasteiger partial charge < -0.3 is 10.6 Å². The molecule has 4 N–H and O–H groups in total. The van der Waals surface area contributed by atoms with Crippen LogP contribution in [0.15, 0.2) is 0 Å². The molecular formula is C2H9ClN2O5P2. The molecule has 2 unspecified atom stereocenters. The fourth-order valence-electron chi connectivity index (χ4n) is 0.295. The Morgan fingerprint density at radius 2 is 2.33 bits per heavy atom. The molecule has 0 fully saturated rings. The number of hydrogen-bond donors (Lipinski definition) is 3. The Morgan fingerprint density at radius 1 is 1.75 bits per heavy atom. The van der Waals surface area contributed by atoms with Crippen LogP contribution in [0.2, 0.25) is 0 Å². The SMILES string of the molecule is NCCNOP(=O)(O)O[PH](=O)Cl. The Labute approximate surface area is 74.4 Å². The molecule has 0 aliphatic heterocycles. The molecule has 74 valence electrons. The van der Waals surface area contributed by atoms with Crippen LogP contribution in [-0.2, 0) is 18.1 Å². The van der Waals surface area contributed by atoms with Crippen LogP contribution in [-0.4, -0.2) is 18.0 Å². The fraction of sp³-hybridized carbons (Fsp3) is 1.00. The first kappa shape index (κ1) is 12.6. The van der Waals surface area contributed by atoms with Crippen molar-refractivity contribution in [1.82, 2.24) is 5.48 Å². The van der Waals surface area contributed by atoms with Crippen LogP contribution in [0.5, 0.6) is 0 Å². The van der Waals surface area contributed by atoms with Gasteiger partial charge in [-0.2, -0.15) is 10.1 Å². The van der Waals surface area contributed by atoms with Gasteiger partial charge >= 0.3 is 7.82 Å². The van der Waals surface area contributed by atoms with Gasteiger partial charge in [-0.25, -0.2) is 8.88 Å². The normalized spacial score (nSPS) is 18.6. The van der Waals surface area contributed by atoms with E-state index in [1.807, 2.05) is 5.48 Å². The zero-order valence-electron chi connectivity index (χ0n) is 5.90. The predicted octanol–water partition coefficient (Wildman–Crippen LogP) is 0.212. The van der Waals surface area contributed by atoms with Crippen LogP contribution in [0.25, 0.3) is 0 Å². The average Bonchev–Trinajstić information content (AvgIpc) is 1.84. The summed E-state index contributed by atoms with van der Waals surface area (Å²) in [5.41, 5.74) is 7.06. The zero-order valence-corrected chi connectivity index (χ0v) is 8.55. The molecule has 0 saturated heterocycles. The predicted molar refractivity (Wildman–Crippen MR) is 43.9 cm³/mol. The highest BCUT2D eigenvalue weighted by atomic mass is 35.7. The van der Waals surface area contributed by atoms with Gasteiger partial charge in [0.1, 0.15) is 0 Å². The van der Waals surface area contributed by atoms with Gasteiger partial charge in [0.2, 0.25) is 0 Å². The Morgan fingerprint density at radius 3 is 2.75 bits per heavy atom. The highest BCUT2D eigenvalue weighted by Crippen LogP contribution is 2.52. The van der Waals surface area contributed by atoms with Gasteiger partial charge in [0, 0.05) is 13.1 Å². The fourth-order valence-corrected chi connectivity index (χ4v) is 2.21. The molecule has 0 aliphatic rings. The monoisotopic (exact) mass is 238 g/mol. The Balaban J connectivity index is 3.72. The second-order valence-corrected chi connectivity index (χ2v) is 4.82. The van der Waals surface area contributed by atoms with Crippen molar-refractivity contribution in [3.05, 3.63) is 0 Å². The maximum atomic E-state index is 10.6. The summed E-state index contributed by atoms with van der Waals surface area (Å²) in [4.78, 5) is 8.66. The van der Waals surface area contributed by atoms with Gasteiger partial charge in [-0.15, -0.1) is 0 Å². The van der Waals surface area contributed by atoms with E-state index in [-0.39, 0.29) is 13.1 Å². The molecule has 7 nitrogen and oxygen atoms in total. The van der Waals surface area contributed by atoms with Crippen molar-refractivity contribution < 1.29 is 23.0 Å². The maximum absolute atomic E-state index is 10.6. The Hall–Kier alpha value is 0.550. The summed E-state index contributed by atoms with van der Waals surface area (Å²) in [6, 6.07) is 0. The minimum absolute atomic E-state index is 0.164. The summed E-state index contributed by atoms with van der Waals surface area (Å²) in [7, 11) is -7.36. The third-order valence-corrected chi connectivity index (χ3v) is 3.09. The van der Waals surface area contributed by atoms with Crippen molar-refractivity contribution in [2.75, 3.05) is 13.1 Å². The number of halogens is 1. The summed E-state index contributed by atoms with van der Waals surface area (Å²) in [6.45, 7) is 0.382. The van der Waals surface area contributed by atoms with Gasteiger partial charge in [-0.05, 0) is 11.2 Å². The summed E-state index contributed by atoms with van der Waals surface area (Å²) in [6.07, 6.45) is 0. The van der Waals surface area contributed by atoms with E-state index in [0.29, 0.717) is 0 Å². The van der Waals surface area contributed by atoms with E-state index < -0.39 is 15.2 Å². The van der Waals surface area contributed by atoms with E-state index in [1.54, 1.807) is 0 Å². The number of phosphoric acid groups is 1. The molecular weight excluding hydrogens is 229 g/mol. The van der Waals surface area contributed by atoms with E-state index in [9.17, 15) is 9.13 Å². The van der Waals surface area contributed by atoms with Crippen LogP contribution in [0.1, 0.15) is 0 Å². The van der Waals surface area contributed by atoms with E-state index in [0.717, 1.165) is 0 Å². The molecule has 0 aromatic rings. The molecule has 12 heavy (non-hydrogen) atoms. The molecule has 0 heterocycles. The first-order chi connectivity index (χ1) is 5.48. The third kappa shape index (κ3) is 7.21. The Kier molecular flexibility index (Phi) is 6.35. The van der Waals surface area contributed by atoms with Crippen molar-refractivity contribution >= 4 is 26.4 Å². The summed E-state index contributed by atoms with van der Waals surface area (Å²) < 4.78 is 28.8. The molecule has 0 amide bonds. The maximum Gasteiger partial charge on any atom is 0.495 e. The second-order valence-electron chi connectivity index (χ2n) is 1.57. The quantitative estimate of drug-likeness (QED) is 0.345. The van der Waals surface area contributed by atoms with Crippen LogP contribution in [0, 0.1) is 0 Å². The average molecular weight is 239 g/mol. The van der Waals surface area contributed by atoms with Gasteiger partial charge in [-0.1, -0.05) is 0 Å². The first-order valence-electron chi connectivity index (χ1n) is 2.81. The lowest BCUT2D eigenvalue weighted by Crippen LogP contribution is -2.21. The zero-order chi connectivity index (χ0) is 9.61. The first-order valence-corrected chi connectivity index (χ1v) is 6.63. The van der Waals surface area contributed by atoms with E-state index in [2.05, 4.69) is 8.94 Å². The topological polar surface area (TPSA) is 111 Å². The summed E-state index contributed by atoms with van der Waals surface area (Å²) in [5, 5.41) is 0. The van der Waals surface area contributed by atoms with E-state index >= 15 is 0 Å². The Bertz CT molecular complexity index is 200. The molecule has 0 aromatic heterocycles. The van der Waals surface area contributed by atoms with Gasteiger partial charge in [0.15, 0.2) is 0 Å². The molecule has 0 aromatic carbocycles. The number of nitrogens with two attached hydrogens (primary N) is 1. The number of nitrogens with one attached hydrogen (secondary N) is 1. The van der Waals surface area contributed by atoms with Gasteiger partial charge in [0.25, 0.3) is 7.38 Å². The van der Waals surface area contributed by atoms with Gasteiger partial charge in [-0.3, -0.25) is 4.57 Å². The number of hydrogen-bond acceptors (Lipinski definition) is 6. The standard InChI is InChI=1S/C2H9ClN2O5P2/c3-11(6)10-12(7,8)9-5-2-1-4/h5,11H,1-2,4H2,(H,7,8). The molecule has 0 rings (SSSR count). The van der Waals surface area contributed by atoms with Crippen LogP contribution >= 0.6 is 26.4 Å². The molecule has 0 spiro atoms. The highest BCUT2D eigenvalue weighted by molar-refractivity contribution is 7.75. The lowest BCUT2D eigenvalue weighted by Gasteiger charge is -2.08. The van der Waals surface area contributed by atoms with E-state index in [4.69, 9.17) is 21.9 Å². The molecule has 0 bridgehead atoms. The van der Waals surface area contributed by atoms with Crippen molar-refractivity contribution in [2.24, 2.45) is 5.73 Å². The number of rotatable bonds is 6. The lowest BCUT2D eigenvalue weighted by atomic mass is 10.7. The van der Waals surface area contributed by atoms with Crippen molar-refractivity contribution in [1.29, 1.82) is 0 Å². The molecule has 0 radical (unpaired) electrons. The summed E-state index contributed by atoms with van der Waals surface area (Å²) in [5.74, 6) is 0. The molecule has 2 atom stereocenters. The molecule has 0 saturated carbocycles. The molecule has 10 heteroatoms. The van der Waals surface area contributed by atoms with Gasteiger partial charge in [0.05, 0.1) is 0 Å². The summed E-state index contributed by atoms with van der Waals surface area (Å²) >= 11 is 4.83. The minimum atomic E-state index is -4.34. The van der Waals surface area contributed by atoms with Crippen LogP contribution < -0.4 is 11.2 Å². The van der Waals surface area contributed by atoms with Crippen molar-refractivity contribution in [3.63, 3.8) is 0 Å². The van der Waals surface area contributed by atoms with Crippen molar-refractivity contribution in [3.8, 4) is 0 Å². The highest BCUT2D eigenvalue weighted by Gasteiger charge is 2.23. The molecule has 0 aliphatic carbocycles. The lowest BCUT2D eigenvalue weighted by molar-refractivity contribution is 0.135. The number of hydroxylamine groups is 1. The van der Waals surface area contributed by atoms with Crippen LogP contribution in [0.4, 0.5) is 0 Å². The van der Waals surface area contributed by atoms with Crippen molar-refractivity contribution in [2.45, 2.75) is 0 Å². The largest absolute Gasteiger partial charge is 0.495 e. The van der Waals surface area contributed by atoms with E-state index in [1.165, 1.54) is 0 Å².